The van der Waals surface area contributed by atoms with E-state index >= 15 is 0 Å². The van der Waals surface area contributed by atoms with Gasteiger partial charge in [-0.15, -0.1) is 0 Å². The van der Waals surface area contributed by atoms with Gasteiger partial charge in [0.05, 0.1) is 30.2 Å². The van der Waals surface area contributed by atoms with Gasteiger partial charge in [0, 0.05) is 31.5 Å². The third kappa shape index (κ3) is 8.17. The highest BCUT2D eigenvalue weighted by atomic mass is 32.2. The van der Waals surface area contributed by atoms with Crippen LogP contribution in [0.2, 0.25) is 0 Å². The average molecular weight is 548 g/mol. The van der Waals surface area contributed by atoms with E-state index in [2.05, 4.69) is 9.71 Å². The molecule has 206 valence electrons. The highest BCUT2D eigenvalue weighted by Gasteiger charge is 2.30. The van der Waals surface area contributed by atoms with Crippen LogP contribution in [-0.4, -0.2) is 62.7 Å². The molecule has 11 nitrogen and oxygen atoms in total. The summed E-state index contributed by atoms with van der Waals surface area (Å²) >= 11 is 0. The minimum Gasteiger partial charge on any atom is -0.490 e. The maximum atomic E-state index is 12.7. The quantitative estimate of drug-likeness (QED) is 0.300. The van der Waals surface area contributed by atoms with Crippen molar-refractivity contribution in [2.45, 2.75) is 45.3 Å². The predicted molar refractivity (Wildman–Crippen MR) is 139 cm³/mol. The van der Waals surface area contributed by atoms with Gasteiger partial charge < -0.3 is 19.5 Å². The summed E-state index contributed by atoms with van der Waals surface area (Å²) in [5.74, 6) is -1.99. The molecule has 2 aromatic rings. The number of anilines is 1. The lowest BCUT2D eigenvalue weighted by Gasteiger charge is -2.33. The van der Waals surface area contributed by atoms with E-state index in [0.717, 1.165) is 0 Å². The Morgan fingerprint density at radius 3 is 2.47 bits per heavy atom. The monoisotopic (exact) mass is 547 g/mol. The Kier molecular flexibility index (Phi) is 10.1. The van der Waals surface area contributed by atoms with Crippen LogP contribution in [0.3, 0.4) is 0 Å². The molecule has 0 unspecified atom stereocenters. The molecular weight excluding hydrogens is 514 g/mol. The minimum absolute atomic E-state index is 0.0625. The van der Waals surface area contributed by atoms with Crippen LogP contribution in [-0.2, 0) is 30.1 Å². The van der Waals surface area contributed by atoms with E-state index in [9.17, 15) is 22.8 Å². The number of aryl methyl sites for hydroxylation is 1. The summed E-state index contributed by atoms with van der Waals surface area (Å²) in [6, 6.07) is 10.2. The van der Waals surface area contributed by atoms with Crippen molar-refractivity contribution in [1.29, 1.82) is 0 Å². The molecule has 2 N–H and O–H groups in total. The number of nitrogens with one attached hydrogen (secondary N) is 1. The summed E-state index contributed by atoms with van der Waals surface area (Å²) in [5, 5.41) is 8.89. The van der Waals surface area contributed by atoms with Gasteiger partial charge in [0.25, 0.3) is 0 Å². The summed E-state index contributed by atoms with van der Waals surface area (Å²) in [7, 11) is -3.83. The second-order valence-electron chi connectivity index (χ2n) is 8.98. The third-order valence-corrected chi connectivity index (χ3v) is 7.29. The van der Waals surface area contributed by atoms with E-state index < -0.39 is 33.8 Å². The Morgan fingerprint density at radius 1 is 1.16 bits per heavy atom. The number of rotatable bonds is 12. The number of sulfonamides is 1. The van der Waals surface area contributed by atoms with E-state index in [-0.39, 0.29) is 37.4 Å². The van der Waals surface area contributed by atoms with Gasteiger partial charge in [-0.05, 0) is 38.7 Å². The number of carbonyl (C=O) groups excluding carboxylic acids is 2. The molecule has 0 bridgehead atoms. The first-order chi connectivity index (χ1) is 18.1. The molecule has 0 saturated carbocycles. The number of aromatic nitrogens is 1. The first kappa shape index (κ1) is 28.9. The topological polar surface area (TPSA) is 152 Å². The summed E-state index contributed by atoms with van der Waals surface area (Å²) in [5.41, 5.74) is 1.29. The van der Waals surface area contributed by atoms with Crippen LogP contribution in [0.4, 0.5) is 5.82 Å². The molecular formula is C26H33N3O8S. The number of piperidine rings is 1. The lowest BCUT2D eigenvalue weighted by atomic mass is 9.96. The van der Waals surface area contributed by atoms with Crippen molar-refractivity contribution in [3.63, 3.8) is 0 Å². The molecule has 1 aromatic carbocycles. The highest BCUT2D eigenvalue weighted by Crippen LogP contribution is 2.32. The SMILES string of the molecule is CCOC(=O)c1cc(OCCCC(=O)O)c(N2CCC(C(=O)NS(=O)(=O)Cc3ccccc3)CC2)nc1C. The Labute approximate surface area is 222 Å². The predicted octanol–water partition coefficient (Wildman–Crippen LogP) is 2.67. The number of nitrogens with zero attached hydrogens (tertiary/aromatic N) is 2. The molecule has 0 radical (unpaired) electrons. The summed E-state index contributed by atoms with van der Waals surface area (Å²) in [6.45, 7) is 4.52. The average Bonchev–Trinajstić information content (AvgIpc) is 2.87. The molecule has 1 aliphatic rings. The summed E-state index contributed by atoms with van der Waals surface area (Å²) < 4.78 is 38.1. The zero-order chi connectivity index (χ0) is 27.7. The number of amides is 1. The number of aliphatic carboxylic acids is 1. The van der Waals surface area contributed by atoms with Crippen molar-refractivity contribution in [2.75, 3.05) is 31.2 Å². The second-order valence-corrected chi connectivity index (χ2v) is 10.7. The second kappa shape index (κ2) is 13.2. The van der Waals surface area contributed by atoms with Gasteiger partial charge in [0.15, 0.2) is 11.6 Å². The van der Waals surface area contributed by atoms with Crippen LogP contribution in [0, 0.1) is 12.8 Å². The first-order valence-electron chi connectivity index (χ1n) is 12.5. The van der Waals surface area contributed by atoms with Gasteiger partial charge >= 0.3 is 11.9 Å². The van der Waals surface area contributed by atoms with E-state index in [1.807, 2.05) is 4.90 Å². The van der Waals surface area contributed by atoms with Crippen LogP contribution in [0.5, 0.6) is 5.75 Å². The fourth-order valence-electron chi connectivity index (χ4n) is 4.15. The van der Waals surface area contributed by atoms with Gasteiger partial charge in [0.2, 0.25) is 15.9 Å². The molecule has 1 saturated heterocycles. The highest BCUT2D eigenvalue weighted by molar-refractivity contribution is 7.89. The lowest BCUT2D eigenvalue weighted by Crippen LogP contribution is -2.43. The van der Waals surface area contributed by atoms with Crippen LogP contribution in [0.1, 0.15) is 54.2 Å². The van der Waals surface area contributed by atoms with Crippen molar-refractivity contribution in [2.24, 2.45) is 5.92 Å². The van der Waals surface area contributed by atoms with Crippen LogP contribution < -0.4 is 14.4 Å². The van der Waals surface area contributed by atoms with Crippen LogP contribution >= 0.6 is 0 Å². The van der Waals surface area contributed by atoms with Crippen molar-refractivity contribution >= 4 is 33.7 Å². The number of carboxylic acids is 1. The molecule has 0 spiro atoms. The molecule has 12 heteroatoms. The number of esters is 1. The standard InChI is InChI=1S/C26H33N3O8S/c1-3-36-26(33)21-16-22(37-15-7-10-23(30)31)24(27-18(21)2)29-13-11-20(12-14-29)25(32)28-38(34,35)17-19-8-5-4-6-9-19/h4-6,8-9,16,20H,3,7,10-15,17H2,1-2H3,(H,28,32)(H,30,31). The van der Waals surface area contributed by atoms with Gasteiger partial charge in [-0.1, -0.05) is 30.3 Å². The molecule has 0 atom stereocenters. The molecule has 38 heavy (non-hydrogen) atoms. The Bertz CT molecular complexity index is 1240. The number of pyridine rings is 1. The zero-order valence-corrected chi connectivity index (χ0v) is 22.3. The number of hydrogen-bond acceptors (Lipinski definition) is 9. The van der Waals surface area contributed by atoms with E-state index in [1.54, 1.807) is 50.2 Å². The molecule has 0 aliphatic carbocycles. The first-order valence-corrected chi connectivity index (χ1v) is 14.1. The molecule has 1 amide bonds. The van der Waals surface area contributed by atoms with Gasteiger partial charge in [-0.3, -0.25) is 14.3 Å². The van der Waals surface area contributed by atoms with E-state index in [0.29, 0.717) is 48.8 Å². The fourth-order valence-corrected chi connectivity index (χ4v) is 5.32. The third-order valence-electron chi connectivity index (χ3n) is 6.07. The molecule has 3 rings (SSSR count). The number of carbonyl (C=O) groups is 3. The van der Waals surface area contributed by atoms with E-state index in [4.69, 9.17) is 14.6 Å². The van der Waals surface area contributed by atoms with Crippen molar-refractivity contribution in [1.82, 2.24) is 9.71 Å². The zero-order valence-electron chi connectivity index (χ0n) is 21.5. The summed E-state index contributed by atoms with van der Waals surface area (Å²) in [6.07, 6.45) is 1.00. The van der Waals surface area contributed by atoms with E-state index in [1.165, 1.54) is 0 Å². The number of carboxylic acid groups (broad SMARTS) is 1. The summed E-state index contributed by atoms with van der Waals surface area (Å²) in [4.78, 5) is 42.4. The van der Waals surface area contributed by atoms with Crippen molar-refractivity contribution in [3.8, 4) is 5.75 Å². The largest absolute Gasteiger partial charge is 0.490 e. The van der Waals surface area contributed by atoms with Crippen LogP contribution in [0.25, 0.3) is 0 Å². The van der Waals surface area contributed by atoms with Crippen molar-refractivity contribution in [3.05, 3.63) is 53.2 Å². The Morgan fingerprint density at radius 2 is 1.84 bits per heavy atom. The molecule has 1 aliphatic heterocycles. The maximum Gasteiger partial charge on any atom is 0.340 e. The minimum atomic E-state index is -3.83. The van der Waals surface area contributed by atoms with Crippen molar-refractivity contribution < 1.29 is 37.4 Å². The smallest absolute Gasteiger partial charge is 0.340 e. The maximum absolute atomic E-state index is 12.7. The van der Waals surface area contributed by atoms with Gasteiger partial charge in [-0.2, -0.15) is 0 Å². The molecule has 1 fully saturated rings. The number of hydrogen-bond donors (Lipinski definition) is 2. The molecule has 2 heterocycles. The van der Waals surface area contributed by atoms with Crippen LogP contribution in [0.15, 0.2) is 36.4 Å². The van der Waals surface area contributed by atoms with Gasteiger partial charge in [0.1, 0.15) is 0 Å². The lowest BCUT2D eigenvalue weighted by molar-refractivity contribution is -0.137. The number of ether oxygens (including phenoxy) is 2. The number of benzene rings is 1. The Hall–Kier alpha value is -3.67. The Balaban J connectivity index is 1.68. The molecule has 1 aromatic heterocycles. The normalized spacial score (nSPS) is 14.1. The fraction of sp³-hybridized carbons (Fsp3) is 0.462. The van der Waals surface area contributed by atoms with Gasteiger partial charge in [-0.25, -0.2) is 18.2 Å².